The zero-order valence-corrected chi connectivity index (χ0v) is 9.61. The third kappa shape index (κ3) is 4.25. The van der Waals surface area contributed by atoms with Crippen molar-refractivity contribution in [2.24, 2.45) is 7.05 Å². The van der Waals surface area contributed by atoms with Crippen LogP contribution >= 0.6 is 0 Å². The fraction of sp³-hybridized carbons (Fsp3) is 0.636. The first-order valence-electron chi connectivity index (χ1n) is 5.42. The second kappa shape index (κ2) is 6.35. The fourth-order valence-electron chi connectivity index (χ4n) is 1.42. The molecule has 4 heteroatoms. The molecule has 0 radical (unpaired) electrons. The van der Waals surface area contributed by atoms with Gasteiger partial charge in [-0.1, -0.05) is 11.3 Å². The Morgan fingerprint density at radius 1 is 1.67 bits per heavy atom. The van der Waals surface area contributed by atoms with Crippen LogP contribution in [0.2, 0.25) is 0 Å². The first-order chi connectivity index (χ1) is 7.24. The third-order valence-electron chi connectivity index (χ3n) is 2.49. The van der Waals surface area contributed by atoms with Crippen LogP contribution in [0.3, 0.4) is 0 Å². The molecular weight excluding hydrogens is 188 g/mol. The summed E-state index contributed by atoms with van der Waals surface area (Å²) in [6, 6.07) is 0.528. The average Bonchev–Trinajstić information content (AvgIpc) is 2.61. The van der Waals surface area contributed by atoms with E-state index in [2.05, 4.69) is 29.1 Å². The largest absolute Gasteiger partial charge is 0.309 e. The Hall–Kier alpha value is -1.16. The average molecular weight is 208 g/mol. The molecule has 1 rings (SSSR count). The molecule has 15 heavy (non-hydrogen) atoms. The fourth-order valence-corrected chi connectivity index (χ4v) is 1.42. The van der Waals surface area contributed by atoms with Gasteiger partial charge >= 0.3 is 0 Å². The van der Waals surface area contributed by atoms with E-state index in [9.17, 15) is 0 Å². The number of nitrogens with one attached hydrogen (secondary N) is 1. The van der Waals surface area contributed by atoms with Crippen LogP contribution in [0.4, 0.5) is 0 Å². The quantitative estimate of drug-likeness (QED) is 0.547. The number of nitrogens with zero attached hydrogens (tertiary/aromatic N) is 3. The summed E-state index contributed by atoms with van der Waals surface area (Å²) >= 11 is 0. The Morgan fingerprint density at radius 2 is 2.47 bits per heavy atom. The molecule has 0 aliphatic carbocycles. The van der Waals surface area contributed by atoms with E-state index in [0.717, 1.165) is 18.7 Å². The third-order valence-corrected chi connectivity index (χ3v) is 2.49. The highest BCUT2D eigenvalue weighted by molar-refractivity contribution is 4.92. The maximum atomic E-state index is 3.88. The number of rotatable bonds is 7. The summed E-state index contributed by atoms with van der Waals surface area (Å²) in [6.07, 6.45) is 7.24. The number of allylic oxidation sites excluding steroid dienone is 1. The van der Waals surface area contributed by atoms with Crippen molar-refractivity contribution in [3.05, 3.63) is 24.5 Å². The zero-order valence-electron chi connectivity index (χ0n) is 9.61. The molecule has 0 saturated heterocycles. The van der Waals surface area contributed by atoms with E-state index >= 15 is 0 Å². The summed E-state index contributed by atoms with van der Waals surface area (Å²) in [5.41, 5.74) is 1.12. The van der Waals surface area contributed by atoms with Crippen LogP contribution in [0.1, 0.15) is 31.9 Å². The van der Waals surface area contributed by atoms with Crippen molar-refractivity contribution in [3.8, 4) is 0 Å². The summed E-state index contributed by atoms with van der Waals surface area (Å²) < 4.78 is 1.80. The number of hydrogen-bond acceptors (Lipinski definition) is 3. The lowest BCUT2D eigenvalue weighted by molar-refractivity contribution is 0.487. The van der Waals surface area contributed by atoms with Crippen LogP contribution in [0, 0.1) is 0 Å². The van der Waals surface area contributed by atoms with E-state index in [1.807, 2.05) is 13.1 Å². The molecule has 0 amide bonds. The Balaban J connectivity index is 2.19. The molecule has 1 unspecified atom stereocenters. The van der Waals surface area contributed by atoms with Gasteiger partial charge in [0.1, 0.15) is 0 Å². The summed E-state index contributed by atoms with van der Waals surface area (Å²) in [7, 11) is 1.91. The molecule has 1 atom stereocenters. The highest BCUT2D eigenvalue weighted by atomic mass is 15.4. The minimum absolute atomic E-state index is 0.528. The van der Waals surface area contributed by atoms with Gasteiger partial charge in [-0.3, -0.25) is 4.68 Å². The van der Waals surface area contributed by atoms with Gasteiger partial charge in [-0.2, -0.15) is 0 Å². The van der Waals surface area contributed by atoms with E-state index in [1.54, 1.807) is 10.9 Å². The number of hydrogen-bond donors (Lipinski definition) is 1. The van der Waals surface area contributed by atoms with Crippen LogP contribution in [0.5, 0.6) is 0 Å². The smallest absolute Gasteiger partial charge is 0.0738 e. The van der Waals surface area contributed by atoms with Gasteiger partial charge in [0.15, 0.2) is 0 Å². The normalized spacial score (nSPS) is 12.7. The van der Waals surface area contributed by atoms with Crippen LogP contribution in [0.15, 0.2) is 18.9 Å². The molecular formula is C11H20N4. The minimum Gasteiger partial charge on any atom is -0.309 e. The number of aryl methyl sites for hydroxylation is 1. The van der Waals surface area contributed by atoms with Crippen molar-refractivity contribution in [1.29, 1.82) is 0 Å². The highest BCUT2D eigenvalue weighted by Crippen LogP contribution is 2.02. The van der Waals surface area contributed by atoms with E-state index in [-0.39, 0.29) is 0 Å². The van der Waals surface area contributed by atoms with Gasteiger partial charge in [0.25, 0.3) is 0 Å². The van der Waals surface area contributed by atoms with Gasteiger partial charge in [0.05, 0.1) is 11.9 Å². The first kappa shape index (κ1) is 11.9. The lowest BCUT2D eigenvalue weighted by atomic mass is 10.1. The van der Waals surface area contributed by atoms with Crippen molar-refractivity contribution < 1.29 is 0 Å². The van der Waals surface area contributed by atoms with Gasteiger partial charge in [-0.25, -0.2) is 0 Å². The monoisotopic (exact) mass is 208 g/mol. The molecule has 0 aromatic carbocycles. The number of unbranched alkanes of at least 4 members (excludes halogenated alkanes) is 1. The van der Waals surface area contributed by atoms with Crippen LogP contribution < -0.4 is 5.32 Å². The molecule has 4 nitrogen and oxygen atoms in total. The van der Waals surface area contributed by atoms with Gasteiger partial charge in [0.2, 0.25) is 0 Å². The van der Waals surface area contributed by atoms with E-state index in [0.29, 0.717) is 6.04 Å². The Labute approximate surface area is 91.4 Å². The Bertz CT molecular complexity index is 293. The van der Waals surface area contributed by atoms with Gasteiger partial charge in [-0.15, -0.1) is 11.7 Å². The lowest BCUT2D eigenvalue weighted by Gasteiger charge is -2.12. The standard InChI is InChI=1S/C11H20N4/c1-4-5-6-7-10(2)12-8-11-9-13-14-15(11)3/h4,9-10,12H,1,5-8H2,2-3H3. The summed E-state index contributed by atoms with van der Waals surface area (Å²) in [6.45, 7) is 6.75. The molecule has 1 aromatic rings. The van der Waals surface area contributed by atoms with E-state index in [4.69, 9.17) is 0 Å². The van der Waals surface area contributed by atoms with Crippen LogP contribution in [-0.4, -0.2) is 21.0 Å². The Morgan fingerprint density at radius 3 is 3.07 bits per heavy atom. The van der Waals surface area contributed by atoms with Gasteiger partial charge in [-0.05, 0) is 26.2 Å². The highest BCUT2D eigenvalue weighted by Gasteiger charge is 2.03. The summed E-state index contributed by atoms with van der Waals surface area (Å²) in [5.74, 6) is 0. The molecule has 84 valence electrons. The van der Waals surface area contributed by atoms with Crippen LogP contribution in [-0.2, 0) is 13.6 Å². The molecule has 0 spiro atoms. The Kier molecular flexibility index (Phi) is 5.04. The molecule has 0 aliphatic rings. The maximum absolute atomic E-state index is 3.88. The summed E-state index contributed by atoms with van der Waals surface area (Å²) in [4.78, 5) is 0. The lowest BCUT2D eigenvalue weighted by Crippen LogP contribution is -2.26. The molecule has 0 aliphatic heterocycles. The topological polar surface area (TPSA) is 42.7 Å². The SMILES string of the molecule is C=CCCCC(C)NCc1cnnn1C. The zero-order chi connectivity index (χ0) is 11.1. The van der Waals surface area contributed by atoms with Crippen molar-refractivity contribution in [2.75, 3.05) is 0 Å². The van der Waals surface area contributed by atoms with Gasteiger partial charge < -0.3 is 5.32 Å². The predicted octanol–water partition coefficient (Wildman–Crippen LogP) is 1.65. The molecule has 0 saturated carbocycles. The molecule has 1 N–H and O–H groups in total. The molecule has 0 fully saturated rings. The van der Waals surface area contributed by atoms with E-state index < -0.39 is 0 Å². The number of aromatic nitrogens is 3. The van der Waals surface area contributed by atoms with Crippen LogP contribution in [0.25, 0.3) is 0 Å². The maximum Gasteiger partial charge on any atom is 0.0738 e. The van der Waals surface area contributed by atoms with Gasteiger partial charge in [0, 0.05) is 19.6 Å². The van der Waals surface area contributed by atoms with Crippen molar-refractivity contribution in [2.45, 2.75) is 38.8 Å². The van der Waals surface area contributed by atoms with Crippen molar-refractivity contribution in [3.63, 3.8) is 0 Å². The molecule has 0 bridgehead atoms. The molecule has 1 heterocycles. The van der Waals surface area contributed by atoms with E-state index in [1.165, 1.54) is 12.8 Å². The van der Waals surface area contributed by atoms with Crippen molar-refractivity contribution >= 4 is 0 Å². The second-order valence-electron chi connectivity index (χ2n) is 3.85. The molecule has 1 aromatic heterocycles. The predicted molar refractivity (Wildman–Crippen MR) is 61.4 cm³/mol. The second-order valence-corrected chi connectivity index (χ2v) is 3.85. The summed E-state index contributed by atoms with van der Waals surface area (Å²) in [5, 5.41) is 11.2. The first-order valence-corrected chi connectivity index (χ1v) is 5.42. The minimum atomic E-state index is 0.528. The van der Waals surface area contributed by atoms with Crippen molar-refractivity contribution in [1.82, 2.24) is 20.3 Å².